The third-order valence-electron chi connectivity index (χ3n) is 0.877. The summed E-state index contributed by atoms with van der Waals surface area (Å²) >= 11 is 0. The molecule has 1 unspecified atom stereocenters. The Hall–Kier alpha value is -0.900. The Morgan fingerprint density at radius 1 is 1.89 bits per heavy atom. The molecule has 1 atom stereocenters. The lowest BCUT2D eigenvalue weighted by atomic mass is 10.3. The van der Waals surface area contributed by atoms with Gasteiger partial charge in [0.25, 0.3) is 0 Å². The van der Waals surface area contributed by atoms with Gasteiger partial charge in [-0.25, -0.2) is 0 Å². The van der Waals surface area contributed by atoms with E-state index in [9.17, 15) is 0 Å². The molecular formula is C5H8N2O2. The number of aromatic nitrogens is 2. The molecule has 50 valence electrons. The van der Waals surface area contributed by atoms with Crippen LogP contribution in [-0.2, 0) is 6.42 Å². The third-order valence-corrected chi connectivity index (χ3v) is 0.877. The van der Waals surface area contributed by atoms with Gasteiger partial charge in [-0.05, 0) is 6.92 Å². The van der Waals surface area contributed by atoms with Gasteiger partial charge in [-0.15, -0.1) is 0 Å². The van der Waals surface area contributed by atoms with Crippen LogP contribution in [0.4, 0.5) is 0 Å². The summed E-state index contributed by atoms with van der Waals surface area (Å²) < 4.78 is 4.62. The third kappa shape index (κ3) is 1.81. The average molecular weight is 128 g/mol. The number of hydrogen-bond donors (Lipinski definition) is 1. The van der Waals surface area contributed by atoms with E-state index in [2.05, 4.69) is 14.7 Å². The molecular weight excluding hydrogens is 120 g/mol. The molecule has 0 spiro atoms. The molecule has 0 amide bonds. The first kappa shape index (κ1) is 6.22. The minimum Gasteiger partial charge on any atom is -0.393 e. The number of hydrogen-bond acceptors (Lipinski definition) is 4. The van der Waals surface area contributed by atoms with Crippen molar-refractivity contribution in [1.29, 1.82) is 0 Å². The standard InChI is InChI=1S/C5H8N2O2/c1-4(8)2-5-6-3-7-9-5/h3-4,8H,2H2,1H3. The largest absolute Gasteiger partial charge is 0.393 e. The Kier molecular flexibility index (Phi) is 1.79. The molecule has 0 fully saturated rings. The van der Waals surface area contributed by atoms with Crippen molar-refractivity contribution in [3.05, 3.63) is 12.2 Å². The van der Waals surface area contributed by atoms with Crippen molar-refractivity contribution in [2.24, 2.45) is 0 Å². The van der Waals surface area contributed by atoms with Crippen LogP contribution in [0.2, 0.25) is 0 Å². The topological polar surface area (TPSA) is 59.2 Å². The minimum absolute atomic E-state index is 0.412. The average Bonchev–Trinajstić information content (AvgIpc) is 2.15. The van der Waals surface area contributed by atoms with Crippen molar-refractivity contribution < 1.29 is 9.63 Å². The second kappa shape index (κ2) is 2.59. The summed E-state index contributed by atoms with van der Waals surface area (Å²) in [5.41, 5.74) is 0. The van der Waals surface area contributed by atoms with E-state index in [1.165, 1.54) is 6.33 Å². The number of nitrogens with zero attached hydrogens (tertiary/aromatic N) is 2. The molecule has 9 heavy (non-hydrogen) atoms. The van der Waals surface area contributed by atoms with E-state index >= 15 is 0 Å². The summed E-state index contributed by atoms with van der Waals surface area (Å²) in [7, 11) is 0. The number of aliphatic hydroxyl groups is 1. The smallest absolute Gasteiger partial charge is 0.228 e. The van der Waals surface area contributed by atoms with Gasteiger partial charge >= 0.3 is 0 Å². The van der Waals surface area contributed by atoms with Crippen molar-refractivity contribution in [2.75, 3.05) is 0 Å². The minimum atomic E-state index is -0.412. The van der Waals surface area contributed by atoms with E-state index < -0.39 is 6.10 Å². The van der Waals surface area contributed by atoms with Crippen molar-refractivity contribution in [1.82, 2.24) is 10.1 Å². The predicted octanol–water partition coefficient (Wildman–Crippen LogP) is -0.00710. The predicted molar refractivity (Wildman–Crippen MR) is 29.7 cm³/mol. The normalized spacial score (nSPS) is 13.6. The fourth-order valence-corrected chi connectivity index (χ4v) is 0.539. The van der Waals surface area contributed by atoms with Gasteiger partial charge in [0.05, 0.1) is 12.5 Å². The van der Waals surface area contributed by atoms with E-state index in [-0.39, 0.29) is 0 Å². The highest BCUT2D eigenvalue weighted by Crippen LogP contribution is 1.95. The monoisotopic (exact) mass is 128 g/mol. The zero-order chi connectivity index (χ0) is 6.69. The van der Waals surface area contributed by atoms with Crippen molar-refractivity contribution in [2.45, 2.75) is 19.4 Å². The number of rotatable bonds is 2. The quantitative estimate of drug-likeness (QED) is 0.608. The molecule has 0 aromatic carbocycles. The second-order valence-electron chi connectivity index (χ2n) is 1.89. The maximum atomic E-state index is 8.80. The molecule has 1 heterocycles. The van der Waals surface area contributed by atoms with Crippen molar-refractivity contribution in [3.8, 4) is 0 Å². The van der Waals surface area contributed by atoms with E-state index in [1.54, 1.807) is 6.92 Å². The Labute approximate surface area is 52.5 Å². The van der Waals surface area contributed by atoms with Crippen LogP contribution in [0.5, 0.6) is 0 Å². The molecule has 1 N–H and O–H groups in total. The SMILES string of the molecule is CC(O)Cc1ncno1. The first-order valence-corrected chi connectivity index (χ1v) is 2.72. The molecule has 4 nitrogen and oxygen atoms in total. The van der Waals surface area contributed by atoms with Crippen molar-refractivity contribution in [3.63, 3.8) is 0 Å². The van der Waals surface area contributed by atoms with E-state index in [1.807, 2.05) is 0 Å². The van der Waals surface area contributed by atoms with Crippen LogP contribution >= 0.6 is 0 Å². The molecule has 0 bridgehead atoms. The van der Waals surface area contributed by atoms with Gasteiger partial charge in [0.15, 0.2) is 6.33 Å². The van der Waals surface area contributed by atoms with Crippen LogP contribution in [-0.4, -0.2) is 21.4 Å². The summed E-state index contributed by atoms with van der Waals surface area (Å²) in [5.74, 6) is 0.477. The lowest BCUT2D eigenvalue weighted by Crippen LogP contribution is -2.03. The Morgan fingerprint density at radius 3 is 3.11 bits per heavy atom. The zero-order valence-corrected chi connectivity index (χ0v) is 5.11. The molecule has 0 saturated heterocycles. The molecule has 0 radical (unpaired) electrons. The lowest BCUT2D eigenvalue weighted by Gasteiger charge is -1.94. The Morgan fingerprint density at radius 2 is 2.67 bits per heavy atom. The van der Waals surface area contributed by atoms with E-state index in [4.69, 9.17) is 5.11 Å². The molecule has 1 aromatic heterocycles. The maximum absolute atomic E-state index is 8.80. The van der Waals surface area contributed by atoms with E-state index in [0.717, 1.165) is 0 Å². The first-order valence-electron chi connectivity index (χ1n) is 2.72. The molecule has 1 rings (SSSR count). The first-order chi connectivity index (χ1) is 4.29. The summed E-state index contributed by atoms with van der Waals surface area (Å²) in [6.45, 7) is 1.67. The van der Waals surface area contributed by atoms with Gasteiger partial charge in [0, 0.05) is 0 Å². The molecule has 0 aliphatic heterocycles. The molecule has 0 aliphatic carbocycles. The highest BCUT2D eigenvalue weighted by Gasteiger charge is 2.02. The van der Waals surface area contributed by atoms with E-state index in [0.29, 0.717) is 12.3 Å². The van der Waals surface area contributed by atoms with Crippen LogP contribution in [0.15, 0.2) is 10.9 Å². The zero-order valence-electron chi connectivity index (χ0n) is 5.11. The molecule has 0 saturated carbocycles. The second-order valence-corrected chi connectivity index (χ2v) is 1.89. The van der Waals surface area contributed by atoms with Crippen LogP contribution in [0, 0.1) is 0 Å². The fraction of sp³-hybridized carbons (Fsp3) is 0.600. The highest BCUT2D eigenvalue weighted by atomic mass is 16.5. The van der Waals surface area contributed by atoms with Gasteiger partial charge < -0.3 is 9.63 Å². The Balaban J connectivity index is 2.48. The lowest BCUT2D eigenvalue weighted by molar-refractivity contribution is 0.181. The fourth-order valence-electron chi connectivity index (χ4n) is 0.539. The molecule has 4 heteroatoms. The van der Waals surface area contributed by atoms with Gasteiger partial charge in [-0.1, -0.05) is 5.16 Å². The van der Waals surface area contributed by atoms with Gasteiger partial charge in [-0.2, -0.15) is 4.98 Å². The highest BCUT2D eigenvalue weighted by molar-refractivity contribution is 4.76. The summed E-state index contributed by atoms with van der Waals surface area (Å²) in [5, 5.41) is 12.2. The van der Waals surface area contributed by atoms with Crippen LogP contribution in [0.3, 0.4) is 0 Å². The summed E-state index contributed by atoms with van der Waals surface area (Å²) in [6.07, 6.45) is 1.34. The van der Waals surface area contributed by atoms with Gasteiger partial charge in [0.1, 0.15) is 0 Å². The Bertz CT molecular complexity index is 159. The maximum Gasteiger partial charge on any atom is 0.228 e. The van der Waals surface area contributed by atoms with Crippen LogP contribution in [0.25, 0.3) is 0 Å². The number of aliphatic hydroxyl groups excluding tert-OH is 1. The van der Waals surface area contributed by atoms with Gasteiger partial charge in [-0.3, -0.25) is 0 Å². The van der Waals surface area contributed by atoms with Crippen LogP contribution < -0.4 is 0 Å². The van der Waals surface area contributed by atoms with Crippen LogP contribution in [0.1, 0.15) is 12.8 Å². The summed E-state index contributed by atoms with van der Waals surface area (Å²) in [4.78, 5) is 3.72. The summed E-state index contributed by atoms with van der Waals surface area (Å²) in [6, 6.07) is 0. The van der Waals surface area contributed by atoms with Gasteiger partial charge in [0.2, 0.25) is 5.89 Å². The van der Waals surface area contributed by atoms with Crippen molar-refractivity contribution >= 4 is 0 Å². The molecule has 1 aromatic rings. The molecule has 0 aliphatic rings.